The van der Waals surface area contributed by atoms with Crippen LogP contribution in [0.5, 0.6) is 0 Å². The Morgan fingerprint density at radius 2 is 2.05 bits per heavy atom. The Bertz CT molecular complexity index is 694. The summed E-state index contributed by atoms with van der Waals surface area (Å²) in [7, 11) is 0. The number of carboxylic acid groups (broad SMARTS) is 1. The molecule has 6 nitrogen and oxygen atoms in total. The van der Waals surface area contributed by atoms with Gasteiger partial charge in [0.2, 0.25) is 0 Å². The lowest BCUT2D eigenvalue weighted by Gasteiger charge is -2.05. The summed E-state index contributed by atoms with van der Waals surface area (Å²) in [6, 6.07) is 9.93. The van der Waals surface area contributed by atoms with Crippen LogP contribution in [0.25, 0.3) is 6.08 Å². The number of pyridine rings is 1. The predicted octanol–water partition coefficient (Wildman–Crippen LogP) is 2.01. The molecule has 0 bridgehead atoms. The maximum absolute atomic E-state index is 12.0. The lowest BCUT2D eigenvalue weighted by molar-refractivity contribution is -0.131. The standard InChI is InChI=1S/C15H13N3O3/c16-11-5-6-13(17-9-11)15(21)18-12-3-1-2-10(8-12)4-7-14(19)20/h1-9H,16H2,(H,18,21)(H,19,20)/b7-4+. The van der Waals surface area contributed by atoms with Crippen LogP contribution in [0, 0.1) is 0 Å². The van der Waals surface area contributed by atoms with E-state index in [0.29, 0.717) is 16.9 Å². The molecular weight excluding hydrogens is 270 g/mol. The van der Waals surface area contributed by atoms with Crippen LogP contribution in [0.4, 0.5) is 11.4 Å². The number of nitrogens with one attached hydrogen (secondary N) is 1. The smallest absolute Gasteiger partial charge is 0.328 e. The molecule has 106 valence electrons. The van der Waals surface area contributed by atoms with E-state index in [4.69, 9.17) is 10.8 Å². The number of aromatic nitrogens is 1. The van der Waals surface area contributed by atoms with Crippen molar-refractivity contribution in [3.05, 3.63) is 59.9 Å². The number of nitrogen functional groups attached to an aromatic ring is 1. The van der Waals surface area contributed by atoms with Gasteiger partial charge < -0.3 is 16.2 Å². The van der Waals surface area contributed by atoms with Crippen LogP contribution < -0.4 is 11.1 Å². The number of anilines is 2. The third-order valence-electron chi connectivity index (χ3n) is 2.58. The van der Waals surface area contributed by atoms with E-state index in [1.807, 2.05) is 0 Å². The molecule has 1 aromatic carbocycles. The van der Waals surface area contributed by atoms with Crippen molar-refractivity contribution in [3.63, 3.8) is 0 Å². The highest BCUT2D eigenvalue weighted by atomic mass is 16.4. The number of aliphatic carboxylic acids is 1. The van der Waals surface area contributed by atoms with Crippen molar-refractivity contribution < 1.29 is 14.7 Å². The molecule has 0 aliphatic heterocycles. The largest absolute Gasteiger partial charge is 0.478 e. The van der Waals surface area contributed by atoms with Crippen LogP contribution >= 0.6 is 0 Å². The minimum absolute atomic E-state index is 0.246. The average Bonchev–Trinajstić information content (AvgIpc) is 2.46. The second-order valence-corrected chi connectivity index (χ2v) is 4.23. The molecule has 1 heterocycles. The normalized spacial score (nSPS) is 10.5. The molecule has 0 spiro atoms. The van der Waals surface area contributed by atoms with Crippen molar-refractivity contribution in [2.75, 3.05) is 11.1 Å². The molecule has 0 unspecified atom stereocenters. The minimum atomic E-state index is -1.03. The van der Waals surface area contributed by atoms with Crippen molar-refractivity contribution in [1.82, 2.24) is 4.98 Å². The predicted molar refractivity (Wildman–Crippen MR) is 79.7 cm³/mol. The van der Waals surface area contributed by atoms with Crippen molar-refractivity contribution in [2.45, 2.75) is 0 Å². The second-order valence-electron chi connectivity index (χ2n) is 4.23. The zero-order valence-corrected chi connectivity index (χ0v) is 11.0. The maximum Gasteiger partial charge on any atom is 0.328 e. The molecule has 1 aromatic heterocycles. The molecule has 4 N–H and O–H groups in total. The fourth-order valence-corrected chi connectivity index (χ4v) is 1.62. The van der Waals surface area contributed by atoms with Gasteiger partial charge in [-0.1, -0.05) is 12.1 Å². The first kappa shape index (κ1) is 14.3. The molecule has 0 radical (unpaired) electrons. The van der Waals surface area contributed by atoms with Gasteiger partial charge in [-0.15, -0.1) is 0 Å². The van der Waals surface area contributed by atoms with Gasteiger partial charge in [-0.3, -0.25) is 4.79 Å². The van der Waals surface area contributed by atoms with Crippen LogP contribution in [0.1, 0.15) is 16.1 Å². The first-order chi connectivity index (χ1) is 10.0. The highest BCUT2D eigenvalue weighted by Crippen LogP contribution is 2.13. The number of carboxylic acids is 1. The summed E-state index contributed by atoms with van der Waals surface area (Å²) in [4.78, 5) is 26.4. The molecule has 2 aromatic rings. The fraction of sp³-hybridized carbons (Fsp3) is 0. The van der Waals surface area contributed by atoms with E-state index in [-0.39, 0.29) is 11.6 Å². The Balaban J connectivity index is 2.12. The summed E-state index contributed by atoms with van der Waals surface area (Å²) in [6.07, 6.45) is 3.88. The SMILES string of the molecule is Nc1ccc(C(=O)Nc2cccc(/C=C/C(=O)O)c2)nc1. The van der Waals surface area contributed by atoms with Gasteiger partial charge in [0.05, 0.1) is 11.9 Å². The molecule has 0 fully saturated rings. The van der Waals surface area contributed by atoms with Crippen LogP contribution in [0.2, 0.25) is 0 Å². The van der Waals surface area contributed by atoms with Gasteiger partial charge in [0.1, 0.15) is 5.69 Å². The van der Waals surface area contributed by atoms with Gasteiger partial charge in [-0.05, 0) is 35.9 Å². The second kappa shape index (κ2) is 6.33. The molecular formula is C15H13N3O3. The number of hydrogen-bond donors (Lipinski definition) is 3. The van der Waals surface area contributed by atoms with E-state index in [9.17, 15) is 9.59 Å². The zero-order valence-electron chi connectivity index (χ0n) is 11.0. The molecule has 0 saturated carbocycles. The number of carbonyl (C=O) groups is 2. The maximum atomic E-state index is 12.0. The van der Waals surface area contributed by atoms with Crippen molar-refractivity contribution in [2.24, 2.45) is 0 Å². The van der Waals surface area contributed by atoms with E-state index in [0.717, 1.165) is 6.08 Å². The highest BCUT2D eigenvalue weighted by molar-refractivity contribution is 6.03. The number of amides is 1. The van der Waals surface area contributed by atoms with E-state index in [2.05, 4.69) is 10.3 Å². The summed E-state index contributed by atoms with van der Waals surface area (Å²) in [6.45, 7) is 0. The van der Waals surface area contributed by atoms with E-state index in [1.54, 1.807) is 30.3 Å². The van der Waals surface area contributed by atoms with Gasteiger partial charge in [-0.2, -0.15) is 0 Å². The van der Waals surface area contributed by atoms with Crippen LogP contribution in [0.15, 0.2) is 48.7 Å². The first-order valence-corrected chi connectivity index (χ1v) is 6.08. The number of rotatable bonds is 4. The Labute approximate surface area is 120 Å². The number of nitrogens with two attached hydrogens (primary N) is 1. The molecule has 0 aliphatic rings. The highest BCUT2D eigenvalue weighted by Gasteiger charge is 2.07. The molecule has 0 atom stereocenters. The van der Waals surface area contributed by atoms with Crippen molar-refractivity contribution in [3.8, 4) is 0 Å². The Morgan fingerprint density at radius 3 is 2.71 bits per heavy atom. The average molecular weight is 283 g/mol. The summed E-state index contributed by atoms with van der Waals surface area (Å²) in [5, 5.41) is 11.3. The summed E-state index contributed by atoms with van der Waals surface area (Å²) in [5.74, 6) is -1.40. The van der Waals surface area contributed by atoms with Crippen molar-refractivity contribution >= 4 is 29.3 Å². The van der Waals surface area contributed by atoms with Crippen molar-refractivity contribution in [1.29, 1.82) is 0 Å². The van der Waals surface area contributed by atoms with Crippen LogP contribution in [0.3, 0.4) is 0 Å². The number of nitrogens with zero attached hydrogens (tertiary/aromatic N) is 1. The molecule has 6 heteroatoms. The topological polar surface area (TPSA) is 105 Å². The molecule has 2 rings (SSSR count). The number of hydrogen-bond acceptors (Lipinski definition) is 4. The molecule has 0 aliphatic carbocycles. The van der Waals surface area contributed by atoms with Gasteiger partial charge in [-0.25, -0.2) is 9.78 Å². The van der Waals surface area contributed by atoms with Gasteiger partial charge in [0, 0.05) is 11.8 Å². The Kier molecular flexibility index (Phi) is 4.30. The quantitative estimate of drug-likeness (QED) is 0.744. The monoisotopic (exact) mass is 283 g/mol. The summed E-state index contributed by atoms with van der Waals surface area (Å²) >= 11 is 0. The summed E-state index contributed by atoms with van der Waals surface area (Å²) in [5.41, 5.74) is 7.45. The third kappa shape index (κ3) is 4.17. The molecule has 1 amide bonds. The van der Waals surface area contributed by atoms with Crippen LogP contribution in [-0.4, -0.2) is 22.0 Å². The van der Waals surface area contributed by atoms with Gasteiger partial charge in [0.25, 0.3) is 5.91 Å². The Hall–Kier alpha value is -3.15. The van der Waals surface area contributed by atoms with Gasteiger partial charge >= 0.3 is 5.97 Å². The lowest BCUT2D eigenvalue weighted by Crippen LogP contribution is -2.13. The number of carbonyl (C=O) groups excluding carboxylic acids is 1. The zero-order chi connectivity index (χ0) is 15.2. The van der Waals surface area contributed by atoms with E-state index < -0.39 is 5.97 Å². The minimum Gasteiger partial charge on any atom is -0.478 e. The third-order valence-corrected chi connectivity index (χ3v) is 2.58. The molecule has 21 heavy (non-hydrogen) atoms. The van der Waals surface area contributed by atoms with E-state index in [1.165, 1.54) is 18.3 Å². The lowest BCUT2D eigenvalue weighted by atomic mass is 10.2. The fourth-order valence-electron chi connectivity index (χ4n) is 1.62. The first-order valence-electron chi connectivity index (χ1n) is 6.08. The molecule has 0 saturated heterocycles. The summed E-state index contributed by atoms with van der Waals surface area (Å²) < 4.78 is 0. The number of benzene rings is 1. The Morgan fingerprint density at radius 1 is 1.24 bits per heavy atom. The van der Waals surface area contributed by atoms with Gasteiger partial charge in [0.15, 0.2) is 0 Å². The van der Waals surface area contributed by atoms with E-state index >= 15 is 0 Å². The van der Waals surface area contributed by atoms with Crippen LogP contribution in [-0.2, 0) is 4.79 Å².